The number of quaternary nitrogens is 1. The smallest absolute Gasteiger partial charge is 0.279 e. The van der Waals surface area contributed by atoms with Gasteiger partial charge < -0.3 is 10.2 Å². The number of aromatic nitrogens is 1. The third-order valence-corrected chi connectivity index (χ3v) is 6.54. The minimum Gasteiger partial charge on any atom is -0.327 e. The third-order valence-electron chi connectivity index (χ3n) is 5.34. The molecule has 1 aliphatic heterocycles. The summed E-state index contributed by atoms with van der Waals surface area (Å²) >= 11 is 1.80. The largest absolute Gasteiger partial charge is 0.327 e. The first-order chi connectivity index (χ1) is 13.6. The Bertz CT molecular complexity index is 955. The number of ketones is 1. The van der Waals surface area contributed by atoms with Crippen molar-refractivity contribution >= 4 is 38.9 Å². The van der Waals surface area contributed by atoms with E-state index < -0.39 is 0 Å². The Balaban J connectivity index is 1.29. The van der Waals surface area contributed by atoms with E-state index >= 15 is 0 Å². The molecule has 0 radical (unpaired) electrons. The van der Waals surface area contributed by atoms with Crippen LogP contribution in [0.3, 0.4) is 0 Å². The molecule has 1 aromatic heterocycles. The van der Waals surface area contributed by atoms with Gasteiger partial charge in [-0.05, 0) is 43.3 Å². The van der Waals surface area contributed by atoms with Gasteiger partial charge in [0.05, 0.1) is 28.3 Å². The third kappa shape index (κ3) is 4.29. The van der Waals surface area contributed by atoms with Crippen LogP contribution in [-0.4, -0.2) is 36.3 Å². The molecule has 1 amide bonds. The standard InChI is InChI=1S/C22H23N3O2S/c1-15(26)16-6-8-18(9-7-16)23-21(27)14-25-12-10-17(11-13-25)22-24-19-4-2-3-5-20(19)28-22/h2-9,17H,10-14H2,1H3,(H,23,27)/p+1. The van der Waals surface area contributed by atoms with Gasteiger partial charge in [-0.3, -0.25) is 9.59 Å². The van der Waals surface area contributed by atoms with Gasteiger partial charge in [-0.1, -0.05) is 12.1 Å². The van der Waals surface area contributed by atoms with Gasteiger partial charge in [0.15, 0.2) is 12.3 Å². The quantitative estimate of drug-likeness (QED) is 0.654. The number of likely N-dealkylation sites (tertiary alicyclic amines) is 1. The number of fused-ring (bicyclic) bond motifs is 1. The van der Waals surface area contributed by atoms with Crippen molar-refractivity contribution in [2.45, 2.75) is 25.7 Å². The molecule has 6 heteroatoms. The van der Waals surface area contributed by atoms with E-state index in [4.69, 9.17) is 4.98 Å². The summed E-state index contributed by atoms with van der Waals surface area (Å²) in [6.45, 7) is 3.98. The number of rotatable bonds is 5. The molecule has 144 valence electrons. The molecule has 28 heavy (non-hydrogen) atoms. The molecule has 2 aromatic carbocycles. The highest BCUT2D eigenvalue weighted by molar-refractivity contribution is 7.18. The van der Waals surface area contributed by atoms with Gasteiger partial charge in [-0.25, -0.2) is 4.98 Å². The van der Waals surface area contributed by atoms with E-state index in [2.05, 4.69) is 23.5 Å². The number of nitrogens with one attached hydrogen (secondary N) is 2. The van der Waals surface area contributed by atoms with Crippen LogP contribution in [-0.2, 0) is 4.79 Å². The molecule has 2 heterocycles. The molecule has 5 nitrogen and oxygen atoms in total. The molecule has 2 N–H and O–H groups in total. The first kappa shape index (κ1) is 18.8. The minimum atomic E-state index is 0.0176. The number of carbonyl (C=O) groups is 2. The van der Waals surface area contributed by atoms with E-state index in [1.54, 1.807) is 35.6 Å². The predicted molar refractivity (Wildman–Crippen MR) is 112 cm³/mol. The van der Waals surface area contributed by atoms with Crippen molar-refractivity contribution < 1.29 is 14.5 Å². The second kappa shape index (κ2) is 8.20. The Kier molecular flexibility index (Phi) is 5.50. The fourth-order valence-electron chi connectivity index (χ4n) is 3.73. The molecule has 1 aliphatic rings. The second-order valence-corrected chi connectivity index (χ2v) is 8.46. The van der Waals surface area contributed by atoms with Crippen molar-refractivity contribution in [3.05, 3.63) is 59.1 Å². The zero-order valence-corrected chi connectivity index (χ0v) is 16.7. The van der Waals surface area contributed by atoms with Gasteiger partial charge in [0, 0.05) is 30.0 Å². The number of amides is 1. The number of anilines is 1. The lowest BCUT2D eigenvalue weighted by atomic mass is 9.97. The molecule has 3 aromatic rings. The highest BCUT2D eigenvalue weighted by Gasteiger charge is 2.27. The molecule has 0 bridgehead atoms. The predicted octanol–water partition coefficient (Wildman–Crippen LogP) is 2.90. The summed E-state index contributed by atoms with van der Waals surface area (Å²) in [6, 6.07) is 15.3. The van der Waals surface area contributed by atoms with Gasteiger partial charge in [0.2, 0.25) is 0 Å². The highest BCUT2D eigenvalue weighted by atomic mass is 32.1. The first-order valence-electron chi connectivity index (χ1n) is 9.68. The topological polar surface area (TPSA) is 63.5 Å². The van der Waals surface area contributed by atoms with Crippen molar-refractivity contribution in [2.24, 2.45) is 0 Å². The number of nitrogens with zero attached hydrogens (tertiary/aromatic N) is 1. The Hall–Kier alpha value is -2.57. The number of hydrogen-bond donors (Lipinski definition) is 2. The van der Waals surface area contributed by atoms with Gasteiger partial charge in [0.25, 0.3) is 5.91 Å². The minimum absolute atomic E-state index is 0.0176. The Morgan fingerprint density at radius 1 is 1.11 bits per heavy atom. The van der Waals surface area contributed by atoms with E-state index in [1.807, 2.05) is 6.07 Å². The Morgan fingerprint density at radius 2 is 1.82 bits per heavy atom. The fourth-order valence-corrected chi connectivity index (χ4v) is 4.87. The zero-order chi connectivity index (χ0) is 19.5. The van der Waals surface area contributed by atoms with Crippen LogP contribution in [0.1, 0.15) is 41.0 Å². The lowest BCUT2D eigenvalue weighted by molar-refractivity contribution is -0.897. The summed E-state index contributed by atoms with van der Waals surface area (Å²) in [5.74, 6) is 0.547. The van der Waals surface area contributed by atoms with Crippen LogP contribution in [0.15, 0.2) is 48.5 Å². The number of thiazole rings is 1. The van der Waals surface area contributed by atoms with Crippen LogP contribution in [0.25, 0.3) is 10.2 Å². The number of carbonyl (C=O) groups excluding carboxylic acids is 2. The van der Waals surface area contributed by atoms with Crippen LogP contribution in [0.4, 0.5) is 5.69 Å². The van der Waals surface area contributed by atoms with Crippen LogP contribution < -0.4 is 10.2 Å². The summed E-state index contributed by atoms with van der Waals surface area (Å²) in [6.07, 6.45) is 2.13. The monoisotopic (exact) mass is 394 g/mol. The maximum Gasteiger partial charge on any atom is 0.279 e. The molecule has 1 fully saturated rings. The van der Waals surface area contributed by atoms with Crippen molar-refractivity contribution in [2.75, 3.05) is 25.0 Å². The number of para-hydroxylation sites is 1. The van der Waals surface area contributed by atoms with Crippen LogP contribution in [0.5, 0.6) is 0 Å². The van der Waals surface area contributed by atoms with Gasteiger partial charge in [-0.15, -0.1) is 11.3 Å². The molecule has 4 rings (SSSR count). The van der Waals surface area contributed by atoms with E-state index in [9.17, 15) is 9.59 Å². The SMILES string of the molecule is CC(=O)c1ccc(NC(=O)C[NH+]2CCC(c3nc4ccccc4s3)CC2)cc1. The number of piperidine rings is 1. The lowest BCUT2D eigenvalue weighted by Gasteiger charge is -2.27. The lowest BCUT2D eigenvalue weighted by Crippen LogP contribution is -3.14. The van der Waals surface area contributed by atoms with Crippen LogP contribution in [0, 0.1) is 0 Å². The van der Waals surface area contributed by atoms with Gasteiger partial charge >= 0.3 is 0 Å². The summed E-state index contributed by atoms with van der Waals surface area (Å²) in [4.78, 5) is 29.8. The maximum absolute atomic E-state index is 12.4. The van der Waals surface area contributed by atoms with E-state index in [-0.39, 0.29) is 11.7 Å². The fraction of sp³-hybridized carbons (Fsp3) is 0.318. The molecule has 1 saturated heterocycles. The maximum atomic E-state index is 12.4. The highest BCUT2D eigenvalue weighted by Crippen LogP contribution is 2.31. The van der Waals surface area contributed by atoms with E-state index in [0.29, 0.717) is 18.0 Å². The van der Waals surface area contributed by atoms with Crippen molar-refractivity contribution in [3.8, 4) is 0 Å². The summed E-state index contributed by atoms with van der Waals surface area (Å²) in [7, 11) is 0. The summed E-state index contributed by atoms with van der Waals surface area (Å²) in [5.41, 5.74) is 2.48. The normalized spacial score (nSPS) is 19.5. The second-order valence-electron chi connectivity index (χ2n) is 7.40. The molecule has 0 atom stereocenters. The van der Waals surface area contributed by atoms with Crippen molar-refractivity contribution in [1.29, 1.82) is 0 Å². The van der Waals surface area contributed by atoms with E-state index in [1.165, 1.54) is 21.5 Å². The number of hydrogen-bond acceptors (Lipinski definition) is 4. The first-order valence-corrected chi connectivity index (χ1v) is 10.5. The average molecular weight is 395 g/mol. The molecular weight excluding hydrogens is 370 g/mol. The average Bonchev–Trinajstić information content (AvgIpc) is 3.13. The number of benzene rings is 2. The summed E-state index contributed by atoms with van der Waals surface area (Å²) in [5, 5.41) is 4.17. The molecule has 0 aliphatic carbocycles. The van der Waals surface area contributed by atoms with Gasteiger partial charge in [0.1, 0.15) is 0 Å². The van der Waals surface area contributed by atoms with Gasteiger partial charge in [-0.2, -0.15) is 0 Å². The van der Waals surface area contributed by atoms with E-state index in [0.717, 1.165) is 37.1 Å². The zero-order valence-electron chi connectivity index (χ0n) is 15.9. The molecular formula is C22H24N3O2S+. The molecule has 0 saturated carbocycles. The van der Waals surface area contributed by atoms with Crippen LogP contribution >= 0.6 is 11.3 Å². The van der Waals surface area contributed by atoms with Crippen molar-refractivity contribution in [3.63, 3.8) is 0 Å². The Labute approximate surface area is 168 Å². The molecule has 0 unspecified atom stereocenters. The van der Waals surface area contributed by atoms with Crippen LogP contribution in [0.2, 0.25) is 0 Å². The summed E-state index contributed by atoms with van der Waals surface area (Å²) < 4.78 is 1.25. The Morgan fingerprint density at radius 3 is 2.50 bits per heavy atom. The number of Topliss-reactive ketones (excluding diaryl/α,β-unsaturated/α-hetero) is 1. The molecule has 0 spiro atoms. The van der Waals surface area contributed by atoms with Crippen molar-refractivity contribution in [1.82, 2.24) is 4.98 Å².